The van der Waals surface area contributed by atoms with Crippen molar-refractivity contribution < 1.29 is 5.11 Å². The smallest absolute Gasteiger partial charge is 0.203 e. The fourth-order valence-corrected chi connectivity index (χ4v) is 3.72. The van der Waals surface area contributed by atoms with Crippen LogP contribution in [0.25, 0.3) is 5.65 Å². The van der Waals surface area contributed by atoms with Crippen molar-refractivity contribution in [1.29, 1.82) is 0 Å². The van der Waals surface area contributed by atoms with Gasteiger partial charge in [-0.3, -0.25) is 4.40 Å². The fourth-order valence-electron chi connectivity index (χ4n) is 3.72. The topological polar surface area (TPSA) is 66.5 Å². The summed E-state index contributed by atoms with van der Waals surface area (Å²) >= 11 is 0. The molecule has 0 unspecified atom stereocenters. The van der Waals surface area contributed by atoms with Crippen molar-refractivity contribution in [3.8, 4) is 0 Å². The molecular formula is C19H23N5O. The normalized spacial score (nSPS) is 19.7. The molecule has 0 aliphatic carbocycles. The number of aromatic nitrogens is 4. The first kappa shape index (κ1) is 16.0. The lowest BCUT2D eigenvalue weighted by atomic mass is 9.98. The first-order valence-corrected chi connectivity index (χ1v) is 8.97. The maximum atomic E-state index is 10.7. The van der Waals surface area contributed by atoms with Crippen LogP contribution in [0.15, 0.2) is 49.1 Å². The van der Waals surface area contributed by atoms with E-state index in [4.69, 9.17) is 0 Å². The number of fused-ring (bicyclic) bond motifs is 1. The van der Waals surface area contributed by atoms with E-state index in [1.54, 1.807) is 12.5 Å². The Morgan fingerprint density at radius 2 is 2.04 bits per heavy atom. The molecule has 6 nitrogen and oxygen atoms in total. The maximum absolute atomic E-state index is 10.7. The second-order valence-electron chi connectivity index (χ2n) is 6.67. The van der Waals surface area contributed by atoms with Crippen LogP contribution in [0.3, 0.4) is 0 Å². The number of benzene rings is 1. The van der Waals surface area contributed by atoms with Gasteiger partial charge in [0.05, 0.1) is 6.10 Å². The van der Waals surface area contributed by atoms with E-state index in [0.29, 0.717) is 6.42 Å². The van der Waals surface area contributed by atoms with Gasteiger partial charge in [0.15, 0.2) is 5.82 Å². The third kappa shape index (κ3) is 3.35. The van der Waals surface area contributed by atoms with E-state index in [2.05, 4.69) is 20.1 Å². The van der Waals surface area contributed by atoms with Crippen molar-refractivity contribution >= 4 is 11.5 Å². The van der Waals surface area contributed by atoms with E-state index < -0.39 is 6.10 Å². The Hall–Kier alpha value is -2.47. The van der Waals surface area contributed by atoms with Crippen molar-refractivity contribution in [3.63, 3.8) is 0 Å². The Morgan fingerprint density at radius 3 is 2.92 bits per heavy atom. The minimum Gasteiger partial charge on any atom is -0.388 e. The van der Waals surface area contributed by atoms with Gasteiger partial charge >= 0.3 is 0 Å². The van der Waals surface area contributed by atoms with Crippen molar-refractivity contribution in [2.45, 2.75) is 44.2 Å². The van der Waals surface area contributed by atoms with Crippen molar-refractivity contribution in [2.24, 2.45) is 0 Å². The van der Waals surface area contributed by atoms with Crippen molar-refractivity contribution in [1.82, 2.24) is 19.6 Å². The number of anilines is 1. The van der Waals surface area contributed by atoms with Crippen LogP contribution in [0.4, 0.5) is 5.82 Å². The van der Waals surface area contributed by atoms with E-state index >= 15 is 0 Å². The van der Waals surface area contributed by atoms with Gasteiger partial charge in [0.2, 0.25) is 5.65 Å². The van der Waals surface area contributed by atoms with Gasteiger partial charge < -0.3 is 10.0 Å². The van der Waals surface area contributed by atoms with Gasteiger partial charge in [0.25, 0.3) is 0 Å². The van der Waals surface area contributed by atoms with E-state index in [0.717, 1.165) is 36.4 Å². The molecule has 1 saturated heterocycles. The summed E-state index contributed by atoms with van der Waals surface area (Å²) < 4.78 is 1.90. The highest BCUT2D eigenvalue weighted by Gasteiger charge is 2.27. The molecule has 2 atom stereocenters. The number of hydrogen-bond acceptors (Lipinski definition) is 5. The third-order valence-electron chi connectivity index (χ3n) is 5.03. The summed E-state index contributed by atoms with van der Waals surface area (Å²) in [7, 11) is 0. The summed E-state index contributed by atoms with van der Waals surface area (Å²) in [5.41, 5.74) is 1.75. The summed E-state index contributed by atoms with van der Waals surface area (Å²) in [6.45, 7) is 0.936. The molecule has 0 bridgehead atoms. The van der Waals surface area contributed by atoms with Crippen LogP contribution < -0.4 is 4.90 Å². The first-order chi connectivity index (χ1) is 12.3. The largest absolute Gasteiger partial charge is 0.388 e. The predicted octanol–water partition coefficient (Wildman–Crippen LogP) is 3.00. The third-order valence-corrected chi connectivity index (χ3v) is 5.03. The average molecular weight is 337 g/mol. The maximum Gasteiger partial charge on any atom is 0.203 e. The number of aliphatic hydroxyl groups is 1. The SMILES string of the molecule is O[C@@H](C[C@@H]1CCCCCN1c1nccn2cnnc12)c1ccccc1. The van der Waals surface area contributed by atoms with Crippen LogP contribution in [-0.4, -0.2) is 37.3 Å². The van der Waals surface area contributed by atoms with Crippen LogP contribution in [-0.2, 0) is 0 Å². The highest BCUT2D eigenvalue weighted by atomic mass is 16.3. The van der Waals surface area contributed by atoms with Gasteiger partial charge in [-0.05, 0) is 24.8 Å². The van der Waals surface area contributed by atoms with Crippen LogP contribution >= 0.6 is 0 Å². The summed E-state index contributed by atoms with van der Waals surface area (Å²) in [6.07, 6.45) is 10.2. The van der Waals surface area contributed by atoms with E-state index in [1.807, 2.05) is 40.9 Å². The number of hydrogen-bond donors (Lipinski definition) is 1. The second kappa shape index (κ2) is 7.19. The minimum atomic E-state index is -0.468. The molecule has 0 amide bonds. The van der Waals surface area contributed by atoms with Gasteiger partial charge in [-0.25, -0.2) is 4.98 Å². The molecule has 0 saturated carbocycles. The Bertz CT molecular complexity index is 819. The standard InChI is InChI=1S/C19H23N5O/c25-17(15-7-3-1-4-8-15)13-16-9-5-2-6-11-24(16)18-19-22-21-14-23(19)12-10-20-18/h1,3-4,7-8,10,12,14,16-17,25H,2,5-6,9,11,13H2/t16-,17-/m0/s1. The molecule has 2 aromatic heterocycles. The van der Waals surface area contributed by atoms with E-state index in [1.165, 1.54) is 12.8 Å². The van der Waals surface area contributed by atoms with Crippen LogP contribution in [0.5, 0.6) is 0 Å². The molecule has 1 fully saturated rings. The van der Waals surface area contributed by atoms with Gasteiger partial charge in [0, 0.05) is 25.0 Å². The molecule has 0 radical (unpaired) electrons. The zero-order chi connectivity index (χ0) is 17.1. The highest BCUT2D eigenvalue weighted by Crippen LogP contribution is 2.30. The molecule has 3 aromatic rings. The van der Waals surface area contributed by atoms with Gasteiger partial charge in [-0.1, -0.05) is 43.2 Å². The molecule has 4 rings (SSSR count). The van der Waals surface area contributed by atoms with Crippen LogP contribution in [0.2, 0.25) is 0 Å². The molecule has 1 aliphatic rings. The molecule has 6 heteroatoms. The Morgan fingerprint density at radius 1 is 1.16 bits per heavy atom. The summed E-state index contributed by atoms with van der Waals surface area (Å²) in [5, 5.41) is 19.0. The average Bonchev–Trinajstić information content (AvgIpc) is 3.02. The number of aliphatic hydroxyl groups excluding tert-OH is 1. The van der Waals surface area contributed by atoms with Gasteiger partial charge in [-0.2, -0.15) is 0 Å². The Kier molecular flexibility index (Phi) is 4.61. The lowest BCUT2D eigenvalue weighted by Crippen LogP contribution is -2.37. The molecule has 0 spiro atoms. The molecular weight excluding hydrogens is 314 g/mol. The summed E-state index contributed by atoms with van der Waals surface area (Å²) in [6, 6.07) is 10.1. The van der Waals surface area contributed by atoms with Crippen molar-refractivity contribution in [2.75, 3.05) is 11.4 Å². The number of rotatable bonds is 4. The van der Waals surface area contributed by atoms with Gasteiger partial charge in [0.1, 0.15) is 6.33 Å². The summed E-state index contributed by atoms with van der Waals surface area (Å²) in [4.78, 5) is 6.92. The Labute approximate surface area is 147 Å². The van der Waals surface area contributed by atoms with Crippen LogP contribution in [0, 0.1) is 0 Å². The molecule has 25 heavy (non-hydrogen) atoms. The van der Waals surface area contributed by atoms with E-state index in [-0.39, 0.29) is 6.04 Å². The fraction of sp³-hybridized carbons (Fsp3) is 0.421. The van der Waals surface area contributed by atoms with E-state index in [9.17, 15) is 5.11 Å². The molecule has 130 valence electrons. The number of nitrogens with zero attached hydrogens (tertiary/aromatic N) is 5. The van der Waals surface area contributed by atoms with Crippen molar-refractivity contribution in [3.05, 3.63) is 54.6 Å². The lowest BCUT2D eigenvalue weighted by molar-refractivity contribution is 0.155. The highest BCUT2D eigenvalue weighted by molar-refractivity contribution is 5.63. The molecule has 3 heterocycles. The molecule has 1 aliphatic heterocycles. The summed E-state index contributed by atoms with van der Waals surface area (Å²) in [5.74, 6) is 0.868. The molecule has 1 aromatic carbocycles. The van der Waals surface area contributed by atoms with Gasteiger partial charge in [-0.15, -0.1) is 10.2 Å². The first-order valence-electron chi connectivity index (χ1n) is 8.97. The predicted molar refractivity (Wildman–Crippen MR) is 96.4 cm³/mol. The zero-order valence-corrected chi connectivity index (χ0v) is 14.2. The Balaban J connectivity index is 1.63. The zero-order valence-electron chi connectivity index (χ0n) is 14.2. The van der Waals surface area contributed by atoms with Crippen LogP contribution in [0.1, 0.15) is 43.8 Å². The molecule has 1 N–H and O–H groups in total. The monoisotopic (exact) mass is 337 g/mol. The second-order valence-corrected chi connectivity index (χ2v) is 6.67. The minimum absolute atomic E-state index is 0.244. The quantitative estimate of drug-likeness (QED) is 0.793. The lowest BCUT2D eigenvalue weighted by Gasteiger charge is -2.32.